The van der Waals surface area contributed by atoms with Gasteiger partial charge in [-0.3, -0.25) is 4.79 Å². The zero-order valence-corrected chi connectivity index (χ0v) is 16.3. The first kappa shape index (κ1) is 20.7. The average molecular weight is 424 g/mol. The minimum Gasteiger partial charge on any atom is -0.482 e. The van der Waals surface area contributed by atoms with Gasteiger partial charge in [-0.15, -0.1) is 0 Å². The molecule has 2 heterocycles. The van der Waals surface area contributed by atoms with Crippen LogP contribution in [0.3, 0.4) is 0 Å². The molecule has 0 saturated carbocycles. The number of benzene rings is 1. The largest absolute Gasteiger partial charge is 0.482 e. The summed E-state index contributed by atoms with van der Waals surface area (Å²) >= 11 is 5.94. The number of anilines is 1. The number of aromatic nitrogens is 2. The van der Waals surface area contributed by atoms with Crippen molar-refractivity contribution < 1.29 is 22.7 Å². The van der Waals surface area contributed by atoms with Gasteiger partial charge in [-0.25, -0.2) is 4.98 Å². The number of hydrogen-bond acceptors (Lipinski definition) is 3. The van der Waals surface area contributed by atoms with E-state index < -0.39 is 18.7 Å². The van der Waals surface area contributed by atoms with Gasteiger partial charge in [0.25, 0.3) is 5.91 Å². The molecular weight excluding hydrogens is 407 g/mol. The predicted octanol–water partition coefficient (Wildman–Crippen LogP) is 5.34. The Bertz CT molecular complexity index is 1030. The number of ether oxygens (including phenoxy) is 1. The van der Waals surface area contributed by atoms with E-state index in [0.29, 0.717) is 17.1 Å². The highest BCUT2D eigenvalue weighted by Crippen LogP contribution is 2.31. The predicted molar refractivity (Wildman–Crippen MR) is 104 cm³/mol. The van der Waals surface area contributed by atoms with Crippen molar-refractivity contribution in [3.63, 3.8) is 0 Å². The van der Waals surface area contributed by atoms with E-state index in [1.54, 1.807) is 25.3 Å². The van der Waals surface area contributed by atoms with E-state index in [1.807, 2.05) is 23.6 Å². The van der Waals surface area contributed by atoms with Gasteiger partial charge in [0.05, 0.1) is 11.3 Å². The highest BCUT2D eigenvalue weighted by Gasteiger charge is 2.29. The third-order valence-corrected chi connectivity index (χ3v) is 4.37. The average Bonchev–Trinajstić information content (AvgIpc) is 2.95. The van der Waals surface area contributed by atoms with E-state index in [2.05, 4.69) is 10.3 Å². The highest BCUT2D eigenvalue weighted by atomic mass is 35.5. The summed E-state index contributed by atoms with van der Waals surface area (Å²) in [4.78, 5) is 17.1. The smallest absolute Gasteiger partial charge is 0.422 e. The Balaban J connectivity index is 1.89. The summed E-state index contributed by atoms with van der Waals surface area (Å²) in [6.45, 7) is 2.11. The van der Waals surface area contributed by atoms with Crippen molar-refractivity contribution >= 4 is 23.2 Å². The van der Waals surface area contributed by atoms with Gasteiger partial charge < -0.3 is 14.6 Å². The molecular formula is C20H17ClF3N3O2. The SMILES string of the molecule is Cc1cc(C(=O)Nc2cc(Cl)ccc2OCC(F)(F)F)c(C)n1-c1ccccn1. The van der Waals surface area contributed by atoms with Gasteiger partial charge in [-0.1, -0.05) is 17.7 Å². The summed E-state index contributed by atoms with van der Waals surface area (Å²) in [5.74, 6) is 0.0246. The molecule has 0 aliphatic rings. The van der Waals surface area contributed by atoms with Crippen LogP contribution in [0.25, 0.3) is 5.82 Å². The molecule has 3 aromatic rings. The first-order valence-corrected chi connectivity index (χ1v) is 8.94. The van der Waals surface area contributed by atoms with Crippen LogP contribution in [0.4, 0.5) is 18.9 Å². The molecule has 1 N–H and O–H groups in total. The van der Waals surface area contributed by atoms with Crippen LogP contribution in [0.2, 0.25) is 5.02 Å². The van der Waals surface area contributed by atoms with Gasteiger partial charge in [0, 0.05) is 22.6 Å². The molecule has 1 aromatic carbocycles. The molecule has 1 amide bonds. The Hall–Kier alpha value is -3.00. The summed E-state index contributed by atoms with van der Waals surface area (Å²) in [6.07, 6.45) is -2.86. The molecule has 9 heteroatoms. The maximum Gasteiger partial charge on any atom is 0.422 e. The molecule has 0 spiro atoms. The third-order valence-electron chi connectivity index (χ3n) is 4.14. The van der Waals surface area contributed by atoms with E-state index in [-0.39, 0.29) is 16.5 Å². The Morgan fingerprint density at radius 3 is 2.62 bits per heavy atom. The maximum atomic E-state index is 12.8. The van der Waals surface area contributed by atoms with Crippen molar-refractivity contribution in [3.05, 3.63) is 70.6 Å². The Morgan fingerprint density at radius 1 is 1.21 bits per heavy atom. The van der Waals surface area contributed by atoms with Crippen molar-refractivity contribution in [2.24, 2.45) is 0 Å². The maximum absolute atomic E-state index is 12.8. The second-order valence-corrected chi connectivity index (χ2v) is 6.74. The van der Waals surface area contributed by atoms with E-state index in [1.165, 1.54) is 18.2 Å². The standard InChI is InChI=1S/C20H17ClF3N3O2/c1-12-9-15(13(2)27(12)18-5-3-4-8-25-18)19(28)26-16-10-14(21)6-7-17(16)29-11-20(22,23)24/h3-10H,11H2,1-2H3,(H,26,28). The first-order chi connectivity index (χ1) is 13.7. The molecule has 0 radical (unpaired) electrons. The van der Waals surface area contributed by atoms with E-state index in [4.69, 9.17) is 16.3 Å². The lowest BCUT2D eigenvalue weighted by Gasteiger charge is -2.14. The molecule has 0 aliphatic heterocycles. The van der Waals surface area contributed by atoms with Gasteiger partial charge >= 0.3 is 6.18 Å². The normalized spacial score (nSPS) is 11.4. The summed E-state index contributed by atoms with van der Waals surface area (Å²) < 4.78 is 44.1. The number of nitrogens with zero attached hydrogens (tertiary/aromatic N) is 2. The molecule has 5 nitrogen and oxygen atoms in total. The molecule has 3 rings (SSSR count). The van der Waals surface area contributed by atoms with Crippen LogP contribution in [0.5, 0.6) is 5.75 Å². The number of carbonyl (C=O) groups is 1. The molecule has 0 atom stereocenters. The number of nitrogens with one attached hydrogen (secondary N) is 1. The fraction of sp³-hybridized carbons (Fsp3) is 0.200. The number of rotatable bonds is 5. The topological polar surface area (TPSA) is 56.1 Å². The summed E-state index contributed by atoms with van der Waals surface area (Å²) in [5, 5.41) is 2.84. The highest BCUT2D eigenvalue weighted by molar-refractivity contribution is 6.31. The van der Waals surface area contributed by atoms with E-state index in [9.17, 15) is 18.0 Å². The molecule has 0 aliphatic carbocycles. The van der Waals surface area contributed by atoms with Crippen LogP contribution in [0.15, 0.2) is 48.7 Å². The lowest BCUT2D eigenvalue weighted by atomic mass is 10.2. The molecule has 2 aromatic heterocycles. The number of amides is 1. The van der Waals surface area contributed by atoms with E-state index >= 15 is 0 Å². The zero-order chi connectivity index (χ0) is 21.2. The summed E-state index contributed by atoms with van der Waals surface area (Å²) in [6, 6.07) is 11.1. The second kappa shape index (κ2) is 8.16. The molecule has 152 valence electrons. The summed E-state index contributed by atoms with van der Waals surface area (Å²) in [7, 11) is 0. The van der Waals surface area contributed by atoms with Gasteiger partial charge in [0.1, 0.15) is 11.6 Å². The first-order valence-electron chi connectivity index (χ1n) is 8.56. The molecule has 29 heavy (non-hydrogen) atoms. The van der Waals surface area contributed by atoms with Crippen LogP contribution in [-0.2, 0) is 0 Å². The van der Waals surface area contributed by atoms with Gasteiger partial charge in [0.15, 0.2) is 6.61 Å². The van der Waals surface area contributed by atoms with Crippen LogP contribution in [0.1, 0.15) is 21.7 Å². The zero-order valence-electron chi connectivity index (χ0n) is 15.5. The minimum atomic E-state index is -4.51. The molecule has 0 unspecified atom stereocenters. The van der Waals surface area contributed by atoms with Crippen LogP contribution < -0.4 is 10.1 Å². The number of halogens is 4. The Labute approximate surface area is 170 Å². The van der Waals surface area contributed by atoms with Crippen LogP contribution >= 0.6 is 11.6 Å². The number of aryl methyl sites for hydroxylation is 1. The lowest BCUT2D eigenvalue weighted by molar-refractivity contribution is -0.153. The summed E-state index contributed by atoms with van der Waals surface area (Å²) in [5.41, 5.74) is 1.83. The fourth-order valence-electron chi connectivity index (χ4n) is 2.91. The molecule has 0 bridgehead atoms. The molecule has 0 fully saturated rings. The Morgan fingerprint density at radius 2 is 1.97 bits per heavy atom. The van der Waals surface area contributed by atoms with Crippen molar-refractivity contribution in [2.75, 3.05) is 11.9 Å². The number of hydrogen-bond donors (Lipinski definition) is 1. The number of carbonyl (C=O) groups excluding carboxylic acids is 1. The molecule has 0 saturated heterocycles. The lowest BCUT2D eigenvalue weighted by Crippen LogP contribution is -2.20. The third kappa shape index (κ3) is 4.89. The van der Waals surface area contributed by atoms with Crippen LogP contribution in [-0.4, -0.2) is 28.2 Å². The van der Waals surface area contributed by atoms with Crippen molar-refractivity contribution in [3.8, 4) is 11.6 Å². The Kier molecular flexibility index (Phi) is 5.83. The van der Waals surface area contributed by atoms with E-state index in [0.717, 1.165) is 5.69 Å². The second-order valence-electron chi connectivity index (χ2n) is 6.31. The van der Waals surface area contributed by atoms with Gasteiger partial charge in [0.2, 0.25) is 0 Å². The fourth-order valence-corrected chi connectivity index (χ4v) is 3.08. The quantitative estimate of drug-likeness (QED) is 0.603. The van der Waals surface area contributed by atoms with Crippen molar-refractivity contribution in [2.45, 2.75) is 20.0 Å². The van der Waals surface area contributed by atoms with Crippen LogP contribution in [0, 0.1) is 13.8 Å². The number of alkyl halides is 3. The van der Waals surface area contributed by atoms with Crippen molar-refractivity contribution in [1.29, 1.82) is 0 Å². The van der Waals surface area contributed by atoms with Crippen molar-refractivity contribution in [1.82, 2.24) is 9.55 Å². The van der Waals surface area contributed by atoms with Gasteiger partial charge in [-0.2, -0.15) is 13.2 Å². The minimum absolute atomic E-state index is 0.0504. The monoisotopic (exact) mass is 423 g/mol. The van der Waals surface area contributed by atoms with Gasteiger partial charge in [-0.05, 0) is 50.2 Å². The number of pyridine rings is 1.